The first-order valence-corrected chi connectivity index (χ1v) is 7.78. The van der Waals surface area contributed by atoms with Gasteiger partial charge < -0.3 is 9.84 Å². The summed E-state index contributed by atoms with van der Waals surface area (Å²) >= 11 is 0. The highest BCUT2D eigenvalue weighted by molar-refractivity contribution is 6.06. The summed E-state index contributed by atoms with van der Waals surface area (Å²) in [5.74, 6) is -1.88. The lowest BCUT2D eigenvalue weighted by atomic mass is 9.89. The fourth-order valence-corrected chi connectivity index (χ4v) is 2.90. The molecule has 128 valence electrons. The number of carbonyl (C=O) groups excluding carboxylic acids is 2. The SMILES string of the molecule is CC(=O)O[C@@H]1C(=O)N(c2ccc(C(=O)O)cc2)[C@H]1c1ccc(C)cc1. The molecule has 2 atom stereocenters. The third-order valence-corrected chi connectivity index (χ3v) is 4.15. The highest BCUT2D eigenvalue weighted by Crippen LogP contribution is 2.41. The first-order chi connectivity index (χ1) is 11.9. The molecule has 1 amide bonds. The predicted octanol–water partition coefficient (Wildman–Crippen LogP) is 2.71. The van der Waals surface area contributed by atoms with E-state index in [1.165, 1.54) is 24.0 Å². The first-order valence-electron chi connectivity index (χ1n) is 7.78. The van der Waals surface area contributed by atoms with E-state index < -0.39 is 24.1 Å². The van der Waals surface area contributed by atoms with E-state index in [0.29, 0.717) is 5.69 Å². The lowest BCUT2D eigenvalue weighted by molar-refractivity contribution is -0.160. The number of benzene rings is 2. The van der Waals surface area contributed by atoms with Gasteiger partial charge >= 0.3 is 11.9 Å². The molecule has 0 aromatic heterocycles. The number of carboxylic acid groups (broad SMARTS) is 1. The van der Waals surface area contributed by atoms with E-state index in [9.17, 15) is 14.4 Å². The van der Waals surface area contributed by atoms with Crippen molar-refractivity contribution < 1.29 is 24.2 Å². The van der Waals surface area contributed by atoms with Gasteiger partial charge in [0, 0.05) is 12.6 Å². The maximum absolute atomic E-state index is 12.5. The molecule has 1 saturated heterocycles. The van der Waals surface area contributed by atoms with Gasteiger partial charge in [0.15, 0.2) is 0 Å². The van der Waals surface area contributed by atoms with Gasteiger partial charge in [-0.2, -0.15) is 0 Å². The lowest BCUT2D eigenvalue weighted by Crippen LogP contribution is -2.60. The number of aromatic carboxylic acids is 1. The second-order valence-corrected chi connectivity index (χ2v) is 5.95. The number of aryl methyl sites for hydroxylation is 1. The molecule has 0 spiro atoms. The van der Waals surface area contributed by atoms with Gasteiger partial charge in [-0.05, 0) is 36.8 Å². The molecule has 6 heteroatoms. The summed E-state index contributed by atoms with van der Waals surface area (Å²) in [6.07, 6.45) is -0.876. The second kappa shape index (κ2) is 6.39. The Labute approximate surface area is 144 Å². The van der Waals surface area contributed by atoms with Gasteiger partial charge in [-0.15, -0.1) is 0 Å². The summed E-state index contributed by atoms with van der Waals surface area (Å²) < 4.78 is 5.19. The van der Waals surface area contributed by atoms with E-state index in [0.717, 1.165) is 11.1 Å². The minimum absolute atomic E-state index is 0.139. The number of ether oxygens (including phenoxy) is 1. The van der Waals surface area contributed by atoms with Crippen LogP contribution in [0.2, 0.25) is 0 Å². The van der Waals surface area contributed by atoms with Crippen LogP contribution in [0.15, 0.2) is 48.5 Å². The van der Waals surface area contributed by atoms with Crippen molar-refractivity contribution in [3.63, 3.8) is 0 Å². The van der Waals surface area contributed by atoms with Crippen LogP contribution in [0, 0.1) is 6.92 Å². The van der Waals surface area contributed by atoms with Gasteiger partial charge in [-0.25, -0.2) is 4.79 Å². The Balaban J connectivity index is 1.95. The molecule has 2 aromatic carbocycles. The van der Waals surface area contributed by atoms with E-state index >= 15 is 0 Å². The van der Waals surface area contributed by atoms with Crippen LogP contribution in [0.5, 0.6) is 0 Å². The van der Waals surface area contributed by atoms with Crippen LogP contribution in [-0.4, -0.2) is 29.1 Å². The molecule has 0 unspecified atom stereocenters. The number of nitrogens with zero attached hydrogens (tertiary/aromatic N) is 1. The first kappa shape index (κ1) is 16.7. The summed E-state index contributed by atoms with van der Waals surface area (Å²) in [6, 6.07) is 13.2. The normalized spacial score (nSPS) is 19.3. The second-order valence-electron chi connectivity index (χ2n) is 5.95. The molecule has 3 rings (SSSR count). The van der Waals surface area contributed by atoms with Crippen molar-refractivity contribution >= 4 is 23.5 Å². The third kappa shape index (κ3) is 3.10. The van der Waals surface area contributed by atoms with Crippen LogP contribution >= 0.6 is 0 Å². The molecule has 1 aliphatic rings. The van der Waals surface area contributed by atoms with Gasteiger partial charge in [0.1, 0.15) is 6.04 Å². The fourth-order valence-electron chi connectivity index (χ4n) is 2.90. The van der Waals surface area contributed by atoms with Crippen LogP contribution in [0.4, 0.5) is 5.69 Å². The molecule has 1 aliphatic heterocycles. The Morgan fingerprint density at radius 1 is 1.04 bits per heavy atom. The molecule has 2 aromatic rings. The number of β-lactam (4-membered cyclic amide) rings is 1. The predicted molar refractivity (Wildman–Crippen MR) is 90.4 cm³/mol. The van der Waals surface area contributed by atoms with Crippen molar-refractivity contribution in [2.75, 3.05) is 4.90 Å². The lowest BCUT2D eigenvalue weighted by Gasteiger charge is -2.46. The largest absolute Gasteiger partial charge is 0.478 e. The molecular formula is C19H17NO5. The Kier molecular flexibility index (Phi) is 4.27. The number of esters is 1. The van der Waals surface area contributed by atoms with Crippen LogP contribution in [0.1, 0.15) is 34.5 Å². The Hall–Kier alpha value is -3.15. The third-order valence-electron chi connectivity index (χ3n) is 4.15. The maximum Gasteiger partial charge on any atom is 0.335 e. The smallest absolute Gasteiger partial charge is 0.335 e. The molecule has 1 N–H and O–H groups in total. The van der Waals surface area contributed by atoms with Crippen molar-refractivity contribution in [3.8, 4) is 0 Å². The van der Waals surface area contributed by atoms with Crippen molar-refractivity contribution in [2.45, 2.75) is 26.0 Å². The van der Waals surface area contributed by atoms with Gasteiger partial charge in [0.2, 0.25) is 6.10 Å². The molecular weight excluding hydrogens is 322 g/mol. The van der Waals surface area contributed by atoms with Crippen molar-refractivity contribution in [3.05, 3.63) is 65.2 Å². The average Bonchev–Trinajstić information content (AvgIpc) is 2.58. The van der Waals surface area contributed by atoms with E-state index in [2.05, 4.69) is 0 Å². The minimum Gasteiger partial charge on any atom is -0.478 e. The number of amides is 1. The highest BCUT2D eigenvalue weighted by Gasteiger charge is 2.51. The van der Waals surface area contributed by atoms with E-state index in [1.54, 1.807) is 12.1 Å². The summed E-state index contributed by atoms with van der Waals surface area (Å²) in [6.45, 7) is 3.23. The van der Waals surface area contributed by atoms with Crippen LogP contribution < -0.4 is 4.90 Å². The molecule has 1 heterocycles. The summed E-state index contributed by atoms with van der Waals surface area (Å²) in [5.41, 5.74) is 2.62. The van der Waals surface area contributed by atoms with Gasteiger partial charge in [-0.3, -0.25) is 14.5 Å². The minimum atomic E-state index is -1.03. The molecule has 0 bridgehead atoms. The molecule has 0 aliphatic carbocycles. The molecule has 0 radical (unpaired) electrons. The van der Waals surface area contributed by atoms with E-state index in [4.69, 9.17) is 9.84 Å². The van der Waals surface area contributed by atoms with Gasteiger partial charge in [0.05, 0.1) is 5.56 Å². The zero-order valence-electron chi connectivity index (χ0n) is 13.8. The van der Waals surface area contributed by atoms with Crippen molar-refractivity contribution in [1.82, 2.24) is 0 Å². The zero-order valence-corrected chi connectivity index (χ0v) is 13.8. The number of anilines is 1. The summed E-state index contributed by atoms with van der Waals surface area (Å²) in [7, 11) is 0. The zero-order chi connectivity index (χ0) is 18.1. The number of hydrogen-bond acceptors (Lipinski definition) is 4. The monoisotopic (exact) mass is 339 g/mol. The van der Waals surface area contributed by atoms with Gasteiger partial charge in [-0.1, -0.05) is 29.8 Å². The van der Waals surface area contributed by atoms with Crippen LogP contribution in [0.25, 0.3) is 0 Å². The molecule has 6 nitrogen and oxygen atoms in total. The highest BCUT2D eigenvalue weighted by atomic mass is 16.6. The molecule has 0 saturated carbocycles. The summed E-state index contributed by atoms with van der Waals surface area (Å²) in [4.78, 5) is 36.3. The Morgan fingerprint density at radius 2 is 1.64 bits per heavy atom. The van der Waals surface area contributed by atoms with Crippen molar-refractivity contribution in [1.29, 1.82) is 0 Å². The molecule has 1 fully saturated rings. The van der Waals surface area contributed by atoms with Crippen LogP contribution in [-0.2, 0) is 14.3 Å². The topological polar surface area (TPSA) is 83.9 Å². The average molecular weight is 339 g/mol. The Morgan fingerprint density at radius 3 is 2.16 bits per heavy atom. The maximum atomic E-state index is 12.5. The number of hydrogen-bond donors (Lipinski definition) is 1. The van der Waals surface area contributed by atoms with E-state index in [1.807, 2.05) is 31.2 Å². The van der Waals surface area contributed by atoms with Gasteiger partial charge in [0.25, 0.3) is 5.91 Å². The summed E-state index contributed by atoms with van der Waals surface area (Å²) in [5, 5.41) is 9.00. The number of rotatable bonds is 4. The number of carbonyl (C=O) groups is 3. The quantitative estimate of drug-likeness (QED) is 0.684. The Bertz CT molecular complexity index is 826. The standard InChI is InChI=1S/C19H17NO5/c1-11-3-5-13(6-4-11)16-17(25-12(2)21)18(22)20(16)15-9-7-14(8-10-15)19(23)24/h3-10,16-17H,1-2H3,(H,23,24)/t16-,17-/m0/s1. The fraction of sp³-hybridized carbons (Fsp3) is 0.211. The molecule has 25 heavy (non-hydrogen) atoms. The van der Waals surface area contributed by atoms with E-state index in [-0.39, 0.29) is 11.5 Å². The number of carboxylic acids is 1. The van der Waals surface area contributed by atoms with Crippen molar-refractivity contribution in [2.24, 2.45) is 0 Å². The van der Waals surface area contributed by atoms with Crippen LogP contribution in [0.3, 0.4) is 0 Å².